The highest BCUT2D eigenvalue weighted by atomic mass is 19.1. The number of piperidine rings is 1. The molecule has 0 bridgehead atoms. The maximum Gasteiger partial charge on any atom is 0.224 e. The molecule has 0 spiro atoms. The monoisotopic (exact) mass is 373 g/mol. The average molecular weight is 373 g/mol. The van der Waals surface area contributed by atoms with Gasteiger partial charge in [-0.05, 0) is 19.4 Å². The van der Waals surface area contributed by atoms with Crippen molar-refractivity contribution in [2.24, 2.45) is 5.92 Å². The summed E-state index contributed by atoms with van der Waals surface area (Å²) < 4.78 is 15.8. The zero-order valence-electron chi connectivity index (χ0n) is 15.4. The molecule has 7 nitrogen and oxygen atoms in total. The summed E-state index contributed by atoms with van der Waals surface area (Å²) >= 11 is 0. The first-order valence-electron chi connectivity index (χ1n) is 9.24. The third kappa shape index (κ3) is 4.69. The van der Waals surface area contributed by atoms with Gasteiger partial charge in [0.1, 0.15) is 18.0 Å². The lowest BCUT2D eigenvalue weighted by Crippen LogP contribution is -2.45. The van der Waals surface area contributed by atoms with Crippen molar-refractivity contribution in [3.63, 3.8) is 0 Å². The predicted octanol–water partition coefficient (Wildman–Crippen LogP) is 1.53. The number of rotatable bonds is 7. The number of nitrogens with zero attached hydrogens (tertiary/aromatic N) is 4. The Balaban J connectivity index is 1.53. The van der Waals surface area contributed by atoms with E-state index >= 15 is 0 Å². The molecule has 0 unspecified atom stereocenters. The van der Waals surface area contributed by atoms with Crippen LogP contribution in [-0.2, 0) is 29.1 Å². The molecule has 0 saturated carbocycles. The molecule has 2 amide bonds. The summed E-state index contributed by atoms with van der Waals surface area (Å²) in [6, 6.07) is 6.40. The van der Waals surface area contributed by atoms with Gasteiger partial charge in [0.25, 0.3) is 0 Å². The Morgan fingerprint density at radius 1 is 1.37 bits per heavy atom. The molecule has 144 valence electrons. The number of hydrogen-bond donors (Lipinski definition) is 1. The SMILES string of the molecule is CCn1cnnc1CCNC(=O)[C@H]1CCC(=O)N(Cc2ccccc2F)C1. The van der Waals surface area contributed by atoms with Gasteiger partial charge in [0.15, 0.2) is 0 Å². The van der Waals surface area contributed by atoms with E-state index in [2.05, 4.69) is 15.5 Å². The van der Waals surface area contributed by atoms with Crippen LogP contribution < -0.4 is 5.32 Å². The summed E-state index contributed by atoms with van der Waals surface area (Å²) in [5.41, 5.74) is 0.464. The Hall–Kier alpha value is -2.77. The van der Waals surface area contributed by atoms with Crippen LogP contribution in [0.2, 0.25) is 0 Å². The lowest BCUT2D eigenvalue weighted by molar-refractivity contribution is -0.138. The van der Waals surface area contributed by atoms with Crippen molar-refractivity contribution in [2.45, 2.75) is 39.3 Å². The molecule has 1 saturated heterocycles. The van der Waals surface area contributed by atoms with Gasteiger partial charge in [-0.25, -0.2) is 4.39 Å². The van der Waals surface area contributed by atoms with Crippen LogP contribution in [0, 0.1) is 11.7 Å². The number of halogens is 1. The molecule has 1 aromatic carbocycles. The summed E-state index contributed by atoms with van der Waals surface area (Å²) in [6.45, 7) is 3.76. The van der Waals surface area contributed by atoms with Gasteiger partial charge >= 0.3 is 0 Å². The largest absolute Gasteiger partial charge is 0.355 e. The van der Waals surface area contributed by atoms with Gasteiger partial charge in [-0.2, -0.15) is 0 Å². The lowest BCUT2D eigenvalue weighted by atomic mass is 9.96. The van der Waals surface area contributed by atoms with E-state index in [1.807, 2.05) is 11.5 Å². The minimum atomic E-state index is -0.336. The minimum Gasteiger partial charge on any atom is -0.355 e. The molecular weight excluding hydrogens is 349 g/mol. The van der Waals surface area contributed by atoms with Crippen molar-refractivity contribution >= 4 is 11.8 Å². The number of likely N-dealkylation sites (tertiary alicyclic amines) is 1. The number of carbonyl (C=O) groups is 2. The van der Waals surface area contributed by atoms with Gasteiger partial charge < -0.3 is 14.8 Å². The molecule has 1 aliphatic heterocycles. The second-order valence-corrected chi connectivity index (χ2v) is 6.68. The first kappa shape index (κ1) is 19.0. The molecule has 1 atom stereocenters. The molecule has 2 heterocycles. The third-order valence-corrected chi connectivity index (χ3v) is 4.87. The predicted molar refractivity (Wildman–Crippen MR) is 97.0 cm³/mol. The average Bonchev–Trinajstić information content (AvgIpc) is 3.12. The lowest BCUT2D eigenvalue weighted by Gasteiger charge is -2.32. The van der Waals surface area contributed by atoms with Gasteiger partial charge in [0.05, 0.1) is 5.92 Å². The molecule has 8 heteroatoms. The molecule has 1 fully saturated rings. The Labute approximate surface area is 157 Å². The number of aromatic nitrogens is 3. The summed E-state index contributed by atoms with van der Waals surface area (Å²) in [5.74, 6) is 0.0928. The smallest absolute Gasteiger partial charge is 0.224 e. The van der Waals surface area contributed by atoms with Crippen LogP contribution in [0.25, 0.3) is 0 Å². The van der Waals surface area contributed by atoms with Crippen molar-refractivity contribution in [3.05, 3.63) is 47.8 Å². The third-order valence-electron chi connectivity index (χ3n) is 4.87. The number of carbonyl (C=O) groups excluding carboxylic acids is 2. The number of hydrogen-bond acceptors (Lipinski definition) is 4. The summed E-state index contributed by atoms with van der Waals surface area (Å²) in [6.07, 6.45) is 3.09. The zero-order valence-corrected chi connectivity index (χ0v) is 15.4. The summed E-state index contributed by atoms with van der Waals surface area (Å²) in [4.78, 5) is 26.2. The quantitative estimate of drug-likeness (QED) is 0.798. The molecule has 2 aromatic rings. The first-order chi connectivity index (χ1) is 13.1. The minimum absolute atomic E-state index is 0.0432. The molecule has 27 heavy (non-hydrogen) atoms. The van der Waals surface area contributed by atoms with Crippen LogP contribution in [0.1, 0.15) is 31.2 Å². The standard InChI is InChI=1S/C19H24FN5O2/c1-2-24-13-22-23-17(24)9-10-21-19(27)15-7-8-18(26)25(12-15)11-14-5-3-4-6-16(14)20/h3-6,13,15H,2,7-12H2,1H3,(H,21,27)/t15-/m0/s1. The maximum atomic E-state index is 13.9. The van der Waals surface area contributed by atoms with Gasteiger partial charge in [-0.1, -0.05) is 18.2 Å². The number of benzene rings is 1. The second kappa shape index (κ2) is 8.75. The van der Waals surface area contributed by atoms with Crippen LogP contribution >= 0.6 is 0 Å². The highest BCUT2D eigenvalue weighted by Crippen LogP contribution is 2.21. The van der Waals surface area contributed by atoms with E-state index in [0.29, 0.717) is 37.9 Å². The second-order valence-electron chi connectivity index (χ2n) is 6.68. The van der Waals surface area contributed by atoms with Gasteiger partial charge in [-0.15, -0.1) is 10.2 Å². The van der Waals surface area contributed by atoms with Crippen LogP contribution in [0.3, 0.4) is 0 Å². The van der Waals surface area contributed by atoms with Gasteiger partial charge in [0, 0.05) is 44.6 Å². The molecular formula is C19H24FN5O2. The van der Waals surface area contributed by atoms with Gasteiger partial charge in [0.2, 0.25) is 11.8 Å². The van der Waals surface area contributed by atoms with Crippen LogP contribution in [0.4, 0.5) is 4.39 Å². The Morgan fingerprint density at radius 3 is 2.96 bits per heavy atom. The molecule has 1 aromatic heterocycles. The fourth-order valence-corrected chi connectivity index (χ4v) is 3.29. The van der Waals surface area contributed by atoms with E-state index in [-0.39, 0.29) is 30.1 Å². The number of nitrogens with one attached hydrogen (secondary N) is 1. The molecule has 0 radical (unpaired) electrons. The highest BCUT2D eigenvalue weighted by molar-refractivity contribution is 5.83. The van der Waals surface area contributed by atoms with Crippen molar-refractivity contribution in [1.82, 2.24) is 25.0 Å². The van der Waals surface area contributed by atoms with E-state index in [4.69, 9.17) is 0 Å². The Morgan fingerprint density at radius 2 is 2.19 bits per heavy atom. The van der Waals surface area contributed by atoms with Crippen molar-refractivity contribution in [2.75, 3.05) is 13.1 Å². The zero-order chi connectivity index (χ0) is 19.2. The van der Waals surface area contributed by atoms with E-state index in [1.54, 1.807) is 29.4 Å². The Kier molecular flexibility index (Phi) is 6.16. The molecule has 1 N–H and O–H groups in total. The summed E-state index contributed by atoms with van der Waals surface area (Å²) in [5, 5.41) is 10.8. The van der Waals surface area contributed by atoms with E-state index in [0.717, 1.165) is 12.4 Å². The van der Waals surface area contributed by atoms with Crippen molar-refractivity contribution in [3.8, 4) is 0 Å². The van der Waals surface area contributed by atoms with Crippen LogP contribution in [0.15, 0.2) is 30.6 Å². The Bertz CT molecular complexity index is 807. The van der Waals surface area contributed by atoms with E-state index in [1.165, 1.54) is 6.07 Å². The topological polar surface area (TPSA) is 80.1 Å². The highest BCUT2D eigenvalue weighted by Gasteiger charge is 2.30. The molecule has 1 aliphatic rings. The molecule has 0 aliphatic carbocycles. The first-order valence-corrected chi connectivity index (χ1v) is 9.24. The normalized spacial score (nSPS) is 17.2. The molecule has 3 rings (SSSR count). The van der Waals surface area contributed by atoms with E-state index < -0.39 is 0 Å². The van der Waals surface area contributed by atoms with E-state index in [9.17, 15) is 14.0 Å². The number of aryl methyl sites for hydroxylation is 1. The van der Waals surface area contributed by atoms with Gasteiger partial charge in [-0.3, -0.25) is 9.59 Å². The van der Waals surface area contributed by atoms with Crippen molar-refractivity contribution < 1.29 is 14.0 Å². The number of amides is 2. The fraction of sp³-hybridized carbons (Fsp3) is 0.474. The van der Waals surface area contributed by atoms with Crippen molar-refractivity contribution in [1.29, 1.82) is 0 Å². The van der Waals surface area contributed by atoms with Crippen LogP contribution in [0.5, 0.6) is 0 Å². The van der Waals surface area contributed by atoms with Crippen LogP contribution in [-0.4, -0.2) is 44.6 Å². The summed E-state index contributed by atoms with van der Waals surface area (Å²) in [7, 11) is 0. The fourth-order valence-electron chi connectivity index (χ4n) is 3.29. The maximum absolute atomic E-state index is 13.9.